The number of nitrogens with zero attached hydrogens (tertiary/aromatic N) is 1. The minimum atomic E-state index is -1.56. The SMILES string of the molecule is COC(=O)C1CC(Cl)(Cl)C(=O)N1Cc1ccccc1. The van der Waals surface area contributed by atoms with E-state index in [1.807, 2.05) is 30.3 Å². The van der Waals surface area contributed by atoms with Crippen LogP contribution < -0.4 is 0 Å². The quantitative estimate of drug-likeness (QED) is 0.635. The second-order valence-electron chi connectivity index (χ2n) is 4.37. The van der Waals surface area contributed by atoms with Gasteiger partial charge in [-0.15, -0.1) is 0 Å². The monoisotopic (exact) mass is 301 g/mol. The summed E-state index contributed by atoms with van der Waals surface area (Å²) in [5.41, 5.74) is 0.899. The molecule has 1 aliphatic rings. The number of esters is 1. The molecular formula is C13H13Cl2NO3. The average Bonchev–Trinajstić information content (AvgIpc) is 2.63. The van der Waals surface area contributed by atoms with Gasteiger partial charge in [0.05, 0.1) is 7.11 Å². The zero-order valence-corrected chi connectivity index (χ0v) is 11.8. The third-order valence-corrected chi connectivity index (χ3v) is 3.70. The smallest absolute Gasteiger partial charge is 0.328 e. The molecule has 6 heteroatoms. The Labute approximate surface area is 121 Å². The van der Waals surface area contributed by atoms with E-state index in [2.05, 4.69) is 0 Å². The molecule has 1 aliphatic heterocycles. The van der Waals surface area contributed by atoms with Crippen LogP contribution in [0.15, 0.2) is 30.3 Å². The van der Waals surface area contributed by atoms with Crippen molar-refractivity contribution in [3.63, 3.8) is 0 Å². The number of hydrogen-bond donors (Lipinski definition) is 0. The first-order valence-corrected chi connectivity index (χ1v) is 6.52. The molecule has 4 nitrogen and oxygen atoms in total. The molecule has 1 unspecified atom stereocenters. The molecule has 0 saturated carbocycles. The molecule has 1 heterocycles. The number of rotatable bonds is 3. The highest BCUT2D eigenvalue weighted by Crippen LogP contribution is 2.39. The molecule has 1 aromatic rings. The third kappa shape index (κ3) is 2.85. The number of benzene rings is 1. The Bertz CT molecular complexity index is 490. The van der Waals surface area contributed by atoms with Crippen LogP contribution in [0.3, 0.4) is 0 Å². The summed E-state index contributed by atoms with van der Waals surface area (Å²) < 4.78 is 3.13. The topological polar surface area (TPSA) is 46.6 Å². The lowest BCUT2D eigenvalue weighted by Gasteiger charge is -2.22. The first-order chi connectivity index (χ1) is 8.95. The van der Waals surface area contributed by atoms with Crippen LogP contribution in [-0.2, 0) is 20.9 Å². The van der Waals surface area contributed by atoms with Gasteiger partial charge in [-0.2, -0.15) is 0 Å². The van der Waals surface area contributed by atoms with Gasteiger partial charge in [0.25, 0.3) is 5.91 Å². The zero-order valence-electron chi connectivity index (χ0n) is 10.3. The molecule has 0 aromatic heterocycles. The number of alkyl halides is 2. The van der Waals surface area contributed by atoms with Gasteiger partial charge in [-0.3, -0.25) is 4.79 Å². The van der Waals surface area contributed by atoms with E-state index >= 15 is 0 Å². The van der Waals surface area contributed by atoms with Gasteiger partial charge in [0.2, 0.25) is 0 Å². The maximum Gasteiger partial charge on any atom is 0.328 e. The molecule has 0 aliphatic carbocycles. The van der Waals surface area contributed by atoms with Crippen molar-refractivity contribution in [3.05, 3.63) is 35.9 Å². The molecule has 19 heavy (non-hydrogen) atoms. The standard InChI is InChI=1S/C13H13Cl2NO3/c1-19-11(17)10-7-13(14,15)12(18)16(10)8-9-5-3-2-4-6-9/h2-6,10H,7-8H2,1H3. The number of likely N-dealkylation sites (tertiary alicyclic amines) is 1. The van der Waals surface area contributed by atoms with Crippen LogP contribution in [0, 0.1) is 0 Å². The van der Waals surface area contributed by atoms with E-state index in [-0.39, 0.29) is 13.0 Å². The summed E-state index contributed by atoms with van der Waals surface area (Å²) in [5.74, 6) is -0.970. The summed E-state index contributed by atoms with van der Waals surface area (Å²) in [7, 11) is 1.27. The van der Waals surface area contributed by atoms with Gasteiger partial charge in [0, 0.05) is 13.0 Å². The van der Waals surface area contributed by atoms with E-state index in [9.17, 15) is 9.59 Å². The fraction of sp³-hybridized carbons (Fsp3) is 0.385. The van der Waals surface area contributed by atoms with Crippen LogP contribution in [0.2, 0.25) is 0 Å². The lowest BCUT2D eigenvalue weighted by atomic mass is 10.2. The fourth-order valence-electron chi connectivity index (χ4n) is 2.10. The number of ether oxygens (including phenoxy) is 1. The minimum Gasteiger partial charge on any atom is -0.467 e. The van der Waals surface area contributed by atoms with Crippen molar-refractivity contribution in [2.45, 2.75) is 23.3 Å². The number of carbonyl (C=O) groups is 2. The number of hydrogen-bond acceptors (Lipinski definition) is 3. The van der Waals surface area contributed by atoms with Gasteiger partial charge in [0.15, 0.2) is 4.33 Å². The maximum absolute atomic E-state index is 12.1. The van der Waals surface area contributed by atoms with Crippen molar-refractivity contribution in [1.29, 1.82) is 0 Å². The van der Waals surface area contributed by atoms with Gasteiger partial charge in [-0.25, -0.2) is 4.79 Å². The lowest BCUT2D eigenvalue weighted by molar-refractivity contribution is -0.149. The average molecular weight is 302 g/mol. The Morgan fingerprint density at radius 2 is 2.05 bits per heavy atom. The maximum atomic E-state index is 12.1. The predicted octanol–water partition coefficient (Wildman–Crippen LogP) is 2.13. The Hall–Kier alpha value is -1.26. The van der Waals surface area contributed by atoms with Crippen molar-refractivity contribution < 1.29 is 14.3 Å². The number of methoxy groups -OCH3 is 1. The predicted molar refractivity (Wildman–Crippen MR) is 71.9 cm³/mol. The summed E-state index contributed by atoms with van der Waals surface area (Å²) in [6.45, 7) is 0.278. The molecule has 1 aromatic carbocycles. The van der Waals surface area contributed by atoms with Gasteiger partial charge >= 0.3 is 5.97 Å². The van der Waals surface area contributed by atoms with Gasteiger partial charge in [0.1, 0.15) is 6.04 Å². The molecule has 0 bridgehead atoms. The second-order valence-corrected chi connectivity index (χ2v) is 5.85. The first-order valence-electron chi connectivity index (χ1n) is 5.76. The van der Waals surface area contributed by atoms with Crippen LogP contribution in [0.5, 0.6) is 0 Å². The van der Waals surface area contributed by atoms with Crippen LogP contribution >= 0.6 is 23.2 Å². The summed E-state index contributed by atoms with van der Waals surface area (Å²) >= 11 is 11.9. The third-order valence-electron chi connectivity index (χ3n) is 3.07. The highest BCUT2D eigenvalue weighted by Gasteiger charge is 2.52. The Morgan fingerprint density at radius 3 is 2.63 bits per heavy atom. The molecule has 0 spiro atoms. The molecular weight excluding hydrogens is 289 g/mol. The number of halogens is 2. The van der Waals surface area contributed by atoms with E-state index < -0.39 is 22.3 Å². The fourth-order valence-corrected chi connectivity index (χ4v) is 2.61. The van der Waals surface area contributed by atoms with Crippen LogP contribution in [0.4, 0.5) is 0 Å². The lowest BCUT2D eigenvalue weighted by Crippen LogP contribution is -2.39. The summed E-state index contributed by atoms with van der Waals surface area (Å²) in [6.07, 6.45) is 0.0362. The summed E-state index contributed by atoms with van der Waals surface area (Å²) in [6, 6.07) is 8.58. The molecule has 1 atom stereocenters. The normalized spacial score (nSPS) is 21.5. The number of amides is 1. The summed E-state index contributed by atoms with van der Waals surface area (Å²) in [4.78, 5) is 25.2. The van der Waals surface area contributed by atoms with E-state index in [0.717, 1.165) is 5.56 Å². The van der Waals surface area contributed by atoms with Crippen LogP contribution in [-0.4, -0.2) is 34.3 Å². The van der Waals surface area contributed by atoms with Crippen LogP contribution in [0.25, 0.3) is 0 Å². The highest BCUT2D eigenvalue weighted by molar-refractivity contribution is 6.58. The minimum absolute atomic E-state index is 0.0362. The molecule has 102 valence electrons. The molecule has 1 saturated heterocycles. The van der Waals surface area contributed by atoms with Crippen molar-refractivity contribution in [2.24, 2.45) is 0 Å². The molecule has 1 amide bonds. The Kier molecular flexibility index (Phi) is 4.02. The van der Waals surface area contributed by atoms with Gasteiger partial charge in [-0.05, 0) is 5.56 Å². The summed E-state index contributed by atoms with van der Waals surface area (Å²) in [5, 5.41) is 0. The van der Waals surface area contributed by atoms with Gasteiger partial charge in [-0.1, -0.05) is 53.5 Å². The van der Waals surface area contributed by atoms with Gasteiger partial charge < -0.3 is 9.64 Å². The largest absolute Gasteiger partial charge is 0.467 e. The molecule has 2 rings (SSSR count). The van der Waals surface area contributed by atoms with E-state index in [0.29, 0.717) is 0 Å². The van der Waals surface area contributed by atoms with E-state index in [1.165, 1.54) is 12.0 Å². The van der Waals surface area contributed by atoms with Crippen molar-refractivity contribution in [3.8, 4) is 0 Å². The van der Waals surface area contributed by atoms with Crippen molar-refractivity contribution in [2.75, 3.05) is 7.11 Å². The molecule has 0 radical (unpaired) electrons. The highest BCUT2D eigenvalue weighted by atomic mass is 35.5. The second kappa shape index (κ2) is 5.39. The molecule has 0 N–H and O–H groups in total. The Balaban J connectivity index is 2.24. The Morgan fingerprint density at radius 1 is 1.42 bits per heavy atom. The van der Waals surface area contributed by atoms with Crippen molar-refractivity contribution >= 4 is 35.1 Å². The molecule has 1 fully saturated rings. The zero-order chi connectivity index (χ0) is 14.0. The van der Waals surface area contributed by atoms with Crippen molar-refractivity contribution in [1.82, 2.24) is 4.90 Å². The first kappa shape index (κ1) is 14.2. The van der Waals surface area contributed by atoms with E-state index in [4.69, 9.17) is 27.9 Å². The number of carbonyl (C=O) groups excluding carboxylic acids is 2. The van der Waals surface area contributed by atoms with E-state index in [1.54, 1.807) is 0 Å². The van der Waals surface area contributed by atoms with Crippen LogP contribution in [0.1, 0.15) is 12.0 Å².